The molecule has 2 rings (SSSR count). The molecule has 0 aromatic heterocycles. The molecule has 1 aromatic carbocycles. The van der Waals surface area contributed by atoms with Gasteiger partial charge in [0.2, 0.25) is 15.9 Å². The summed E-state index contributed by atoms with van der Waals surface area (Å²) in [5.41, 5.74) is 0. The van der Waals surface area contributed by atoms with E-state index >= 15 is 0 Å². The molecule has 20 heavy (non-hydrogen) atoms. The fourth-order valence-electron chi connectivity index (χ4n) is 2.22. The zero-order valence-corrected chi connectivity index (χ0v) is 12.7. The molecule has 1 atom stereocenters. The molecule has 0 spiro atoms. The van der Waals surface area contributed by atoms with E-state index in [1.54, 1.807) is 24.0 Å². The van der Waals surface area contributed by atoms with Crippen molar-refractivity contribution in [2.24, 2.45) is 0 Å². The van der Waals surface area contributed by atoms with Crippen molar-refractivity contribution >= 4 is 27.5 Å². The highest BCUT2D eigenvalue weighted by molar-refractivity contribution is 7.89. The van der Waals surface area contributed by atoms with Gasteiger partial charge in [0.25, 0.3) is 0 Å². The van der Waals surface area contributed by atoms with Gasteiger partial charge in [-0.3, -0.25) is 4.79 Å². The summed E-state index contributed by atoms with van der Waals surface area (Å²) in [5, 5.41) is 0.140. The maximum atomic E-state index is 12.2. The van der Waals surface area contributed by atoms with Crippen LogP contribution < -0.4 is 4.72 Å². The number of rotatable bonds is 4. The molecule has 1 N–H and O–H groups in total. The highest BCUT2D eigenvalue weighted by atomic mass is 35.5. The van der Waals surface area contributed by atoms with Crippen molar-refractivity contribution in [2.45, 2.75) is 30.7 Å². The van der Waals surface area contributed by atoms with Gasteiger partial charge in [0.05, 0.1) is 11.1 Å². The third kappa shape index (κ3) is 3.31. The minimum absolute atomic E-state index is 0.0114. The Morgan fingerprint density at radius 1 is 1.30 bits per heavy atom. The van der Waals surface area contributed by atoms with Crippen LogP contribution in [0, 0.1) is 0 Å². The SMILES string of the molecule is C[C@H](NS(=O)(=O)c1ccccc1Cl)C(=O)N1CCCC1. The average molecular weight is 317 g/mol. The van der Waals surface area contributed by atoms with Gasteiger partial charge >= 0.3 is 0 Å². The van der Waals surface area contributed by atoms with Crippen molar-refractivity contribution < 1.29 is 13.2 Å². The first kappa shape index (κ1) is 15.3. The van der Waals surface area contributed by atoms with Crippen LogP contribution in [0.2, 0.25) is 5.02 Å². The van der Waals surface area contributed by atoms with Crippen molar-refractivity contribution in [3.63, 3.8) is 0 Å². The van der Waals surface area contributed by atoms with Gasteiger partial charge in [0.15, 0.2) is 0 Å². The van der Waals surface area contributed by atoms with E-state index < -0.39 is 16.1 Å². The van der Waals surface area contributed by atoms with Gasteiger partial charge in [0, 0.05) is 13.1 Å². The molecule has 1 saturated heterocycles. The molecule has 1 aromatic rings. The first-order valence-corrected chi connectivity index (χ1v) is 8.33. The summed E-state index contributed by atoms with van der Waals surface area (Å²) in [6, 6.07) is 5.36. The quantitative estimate of drug-likeness (QED) is 0.918. The zero-order valence-electron chi connectivity index (χ0n) is 11.2. The summed E-state index contributed by atoms with van der Waals surface area (Å²) < 4.78 is 26.8. The Bertz CT molecular complexity index is 597. The minimum atomic E-state index is -3.79. The van der Waals surface area contributed by atoms with Crippen molar-refractivity contribution in [1.29, 1.82) is 0 Å². The summed E-state index contributed by atoms with van der Waals surface area (Å²) in [5.74, 6) is -0.196. The summed E-state index contributed by atoms with van der Waals surface area (Å²) in [7, 11) is -3.79. The molecule has 5 nitrogen and oxygen atoms in total. The molecule has 1 amide bonds. The minimum Gasteiger partial charge on any atom is -0.341 e. The third-order valence-corrected chi connectivity index (χ3v) is 5.29. The number of nitrogens with one attached hydrogen (secondary N) is 1. The van der Waals surface area contributed by atoms with Crippen molar-refractivity contribution in [1.82, 2.24) is 9.62 Å². The van der Waals surface area contributed by atoms with Crippen LogP contribution in [0.1, 0.15) is 19.8 Å². The maximum absolute atomic E-state index is 12.2. The van der Waals surface area contributed by atoms with E-state index in [2.05, 4.69) is 4.72 Å². The Hall–Kier alpha value is -1.11. The van der Waals surface area contributed by atoms with E-state index in [9.17, 15) is 13.2 Å². The van der Waals surface area contributed by atoms with E-state index in [1.165, 1.54) is 12.1 Å². The lowest BCUT2D eigenvalue weighted by molar-refractivity contribution is -0.131. The van der Waals surface area contributed by atoms with Crippen LogP contribution in [0.5, 0.6) is 0 Å². The molecule has 0 bridgehead atoms. The van der Waals surface area contributed by atoms with E-state index in [0.29, 0.717) is 13.1 Å². The maximum Gasteiger partial charge on any atom is 0.242 e. The summed E-state index contributed by atoms with van der Waals surface area (Å²) in [4.78, 5) is 13.8. The molecule has 1 heterocycles. The Kier molecular flexibility index (Phi) is 4.67. The summed E-state index contributed by atoms with van der Waals surface area (Å²) in [6.45, 7) is 2.93. The lowest BCUT2D eigenvalue weighted by Crippen LogP contribution is -2.45. The van der Waals surface area contributed by atoms with Crippen LogP contribution in [0.4, 0.5) is 0 Å². The molecule has 110 valence electrons. The van der Waals surface area contributed by atoms with E-state index in [-0.39, 0.29) is 15.8 Å². The number of carbonyl (C=O) groups excluding carboxylic acids is 1. The Morgan fingerprint density at radius 2 is 1.90 bits per heavy atom. The average Bonchev–Trinajstić information content (AvgIpc) is 2.91. The molecule has 1 aliphatic heterocycles. The largest absolute Gasteiger partial charge is 0.341 e. The topological polar surface area (TPSA) is 66.5 Å². The van der Waals surface area contributed by atoms with Crippen LogP contribution in [-0.4, -0.2) is 38.4 Å². The first-order chi connectivity index (χ1) is 9.42. The number of carbonyl (C=O) groups is 1. The number of likely N-dealkylation sites (tertiary alicyclic amines) is 1. The molecule has 1 fully saturated rings. The number of nitrogens with zero attached hydrogens (tertiary/aromatic N) is 1. The summed E-state index contributed by atoms with van der Waals surface area (Å²) in [6.07, 6.45) is 1.94. The van der Waals surface area contributed by atoms with Gasteiger partial charge in [-0.15, -0.1) is 0 Å². The number of benzene rings is 1. The lowest BCUT2D eigenvalue weighted by Gasteiger charge is -2.21. The van der Waals surface area contributed by atoms with E-state index in [4.69, 9.17) is 11.6 Å². The van der Waals surface area contributed by atoms with Gasteiger partial charge in [-0.05, 0) is 31.9 Å². The predicted octanol–water partition coefficient (Wildman–Crippen LogP) is 1.63. The normalized spacial score (nSPS) is 17.2. The number of hydrogen-bond acceptors (Lipinski definition) is 3. The Balaban J connectivity index is 2.12. The molecule has 7 heteroatoms. The third-order valence-electron chi connectivity index (χ3n) is 3.25. The van der Waals surface area contributed by atoms with Crippen LogP contribution >= 0.6 is 11.6 Å². The molecular weight excluding hydrogens is 300 g/mol. The van der Waals surface area contributed by atoms with Gasteiger partial charge in [-0.25, -0.2) is 8.42 Å². The van der Waals surface area contributed by atoms with E-state index in [0.717, 1.165) is 12.8 Å². The highest BCUT2D eigenvalue weighted by Gasteiger charge is 2.28. The van der Waals surface area contributed by atoms with Crippen molar-refractivity contribution in [3.05, 3.63) is 29.3 Å². The molecule has 0 unspecified atom stereocenters. The van der Waals surface area contributed by atoms with Gasteiger partial charge in [-0.1, -0.05) is 23.7 Å². The first-order valence-electron chi connectivity index (χ1n) is 6.47. The van der Waals surface area contributed by atoms with Crippen molar-refractivity contribution in [2.75, 3.05) is 13.1 Å². The molecule has 0 radical (unpaired) electrons. The fraction of sp³-hybridized carbons (Fsp3) is 0.462. The number of sulfonamides is 1. The Labute approximate surface area is 124 Å². The monoisotopic (exact) mass is 316 g/mol. The second kappa shape index (κ2) is 6.11. The molecular formula is C13H17ClN2O3S. The second-order valence-corrected chi connectivity index (χ2v) is 6.90. The van der Waals surface area contributed by atoms with Crippen LogP contribution in [0.3, 0.4) is 0 Å². The number of halogens is 1. The molecule has 1 aliphatic rings. The molecule has 0 saturated carbocycles. The highest BCUT2D eigenvalue weighted by Crippen LogP contribution is 2.20. The van der Waals surface area contributed by atoms with Gasteiger partial charge < -0.3 is 4.90 Å². The smallest absolute Gasteiger partial charge is 0.242 e. The standard InChI is InChI=1S/C13H17ClN2O3S/c1-10(13(17)16-8-4-5-9-16)15-20(18,19)12-7-3-2-6-11(12)14/h2-3,6-7,10,15H,4-5,8-9H2,1H3/t10-/m0/s1. The van der Waals surface area contributed by atoms with Gasteiger partial charge in [-0.2, -0.15) is 4.72 Å². The molecule has 0 aliphatic carbocycles. The lowest BCUT2D eigenvalue weighted by atomic mass is 10.3. The van der Waals surface area contributed by atoms with Crippen LogP contribution in [0.15, 0.2) is 29.2 Å². The predicted molar refractivity (Wildman–Crippen MR) is 77.0 cm³/mol. The van der Waals surface area contributed by atoms with Gasteiger partial charge in [0.1, 0.15) is 4.90 Å². The number of hydrogen-bond donors (Lipinski definition) is 1. The van der Waals surface area contributed by atoms with Crippen LogP contribution in [0.25, 0.3) is 0 Å². The second-order valence-electron chi connectivity index (χ2n) is 4.81. The summed E-state index contributed by atoms with van der Waals surface area (Å²) >= 11 is 5.88. The Morgan fingerprint density at radius 3 is 2.50 bits per heavy atom. The van der Waals surface area contributed by atoms with Crippen molar-refractivity contribution in [3.8, 4) is 0 Å². The zero-order chi connectivity index (χ0) is 14.8. The van der Waals surface area contributed by atoms with Crippen LogP contribution in [-0.2, 0) is 14.8 Å². The van der Waals surface area contributed by atoms with E-state index in [1.807, 2.05) is 0 Å². The fourth-order valence-corrected chi connectivity index (χ4v) is 3.94. The number of amides is 1.